The summed E-state index contributed by atoms with van der Waals surface area (Å²) >= 11 is 0. The van der Waals surface area contributed by atoms with Gasteiger partial charge in [0.15, 0.2) is 23.1 Å². The molecule has 1 atom stereocenters. The largest absolute Gasteiger partial charge is 0.497 e. The van der Waals surface area contributed by atoms with Crippen molar-refractivity contribution in [3.05, 3.63) is 24.3 Å². The molecule has 1 aliphatic heterocycles. The molecule has 2 aliphatic rings. The van der Waals surface area contributed by atoms with Gasteiger partial charge in [-0.15, -0.1) is 0 Å². The summed E-state index contributed by atoms with van der Waals surface area (Å²) in [6.07, 6.45) is 4.19. The molecule has 3 rings (SSSR count). The van der Waals surface area contributed by atoms with Gasteiger partial charge in [0, 0.05) is 12.1 Å². The second kappa shape index (κ2) is 9.47. The first kappa shape index (κ1) is 21.4. The van der Waals surface area contributed by atoms with E-state index >= 15 is 0 Å². The molecule has 2 fully saturated rings. The van der Waals surface area contributed by atoms with Gasteiger partial charge in [0.2, 0.25) is 0 Å². The Hall–Kier alpha value is -2.29. The number of methoxy groups -OCH3 is 1. The molecule has 1 amide bonds. The maximum atomic E-state index is 12.8. The third-order valence-electron chi connectivity index (χ3n) is 5.38. The third kappa shape index (κ3) is 5.85. The quantitative estimate of drug-likeness (QED) is 0.583. The van der Waals surface area contributed by atoms with Crippen LogP contribution >= 0.6 is 0 Å². The second-order valence-electron chi connectivity index (χ2n) is 7.42. The first-order chi connectivity index (χ1) is 13.9. The Balaban J connectivity index is 1.51. The van der Waals surface area contributed by atoms with Crippen molar-refractivity contribution in [1.29, 1.82) is 0 Å². The number of amides is 1. The number of sulfone groups is 1. The lowest BCUT2D eigenvalue weighted by molar-refractivity contribution is -0.155. The van der Waals surface area contributed by atoms with E-state index in [4.69, 9.17) is 14.2 Å². The highest BCUT2D eigenvalue weighted by atomic mass is 32.2. The molecule has 1 saturated heterocycles. The molecule has 9 heteroatoms. The summed E-state index contributed by atoms with van der Waals surface area (Å²) in [5.41, 5.74) is 0. The van der Waals surface area contributed by atoms with Crippen molar-refractivity contribution in [2.24, 2.45) is 0 Å². The average Bonchev–Trinajstić information content (AvgIpc) is 3.35. The van der Waals surface area contributed by atoms with E-state index in [0.29, 0.717) is 17.9 Å². The van der Waals surface area contributed by atoms with Crippen LogP contribution in [0.25, 0.3) is 0 Å². The predicted molar refractivity (Wildman–Crippen MR) is 106 cm³/mol. The number of hydrogen-bond acceptors (Lipinski definition) is 7. The Kier molecular flexibility index (Phi) is 7.00. The minimum atomic E-state index is -3.11. The molecular weight excluding hydrogens is 398 g/mol. The van der Waals surface area contributed by atoms with Gasteiger partial charge in [-0.05, 0) is 43.5 Å². The highest BCUT2D eigenvalue weighted by molar-refractivity contribution is 7.91. The number of carbonyl (C=O) groups excluding carboxylic acids is 2. The van der Waals surface area contributed by atoms with Crippen LogP contribution in [0, 0.1) is 0 Å². The van der Waals surface area contributed by atoms with E-state index in [1.165, 1.54) is 0 Å². The lowest BCUT2D eigenvalue weighted by Crippen LogP contribution is -2.48. The molecule has 0 unspecified atom stereocenters. The van der Waals surface area contributed by atoms with E-state index < -0.39 is 22.4 Å². The topological polar surface area (TPSA) is 99.2 Å². The van der Waals surface area contributed by atoms with Crippen molar-refractivity contribution in [3.63, 3.8) is 0 Å². The molecule has 160 valence electrons. The summed E-state index contributed by atoms with van der Waals surface area (Å²) in [5, 5.41) is 0. The van der Waals surface area contributed by atoms with E-state index in [0.717, 1.165) is 25.7 Å². The highest BCUT2D eigenvalue weighted by Crippen LogP contribution is 2.29. The zero-order valence-corrected chi connectivity index (χ0v) is 17.4. The summed E-state index contributed by atoms with van der Waals surface area (Å²) in [7, 11) is -1.55. The fourth-order valence-electron chi connectivity index (χ4n) is 3.96. The van der Waals surface area contributed by atoms with Crippen molar-refractivity contribution in [3.8, 4) is 11.5 Å². The van der Waals surface area contributed by atoms with E-state index in [1.54, 1.807) is 36.3 Å². The molecular formula is C20H27NO7S. The maximum Gasteiger partial charge on any atom is 0.344 e. The maximum absolute atomic E-state index is 12.8. The molecule has 1 aliphatic carbocycles. The lowest BCUT2D eigenvalue weighted by atomic mass is 10.1. The molecule has 1 heterocycles. The van der Waals surface area contributed by atoms with E-state index in [-0.39, 0.29) is 36.1 Å². The fraction of sp³-hybridized carbons (Fsp3) is 0.600. The van der Waals surface area contributed by atoms with Crippen molar-refractivity contribution >= 4 is 21.7 Å². The molecule has 8 nitrogen and oxygen atoms in total. The minimum Gasteiger partial charge on any atom is -0.497 e. The summed E-state index contributed by atoms with van der Waals surface area (Å²) < 4.78 is 39.2. The highest BCUT2D eigenvalue weighted by Gasteiger charge is 2.39. The van der Waals surface area contributed by atoms with Gasteiger partial charge in [-0.2, -0.15) is 0 Å². The van der Waals surface area contributed by atoms with Crippen molar-refractivity contribution in [1.82, 2.24) is 4.90 Å². The molecule has 0 radical (unpaired) electrons. The van der Waals surface area contributed by atoms with Crippen LogP contribution in [0.1, 0.15) is 32.1 Å². The smallest absolute Gasteiger partial charge is 0.344 e. The van der Waals surface area contributed by atoms with Crippen LogP contribution in [0.3, 0.4) is 0 Å². The van der Waals surface area contributed by atoms with Gasteiger partial charge in [-0.25, -0.2) is 13.2 Å². The first-order valence-electron chi connectivity index (χ1n) is 9.82. The summed E-state index contributed by atoms with van der Waals surface area (Å²) in [4.78, 5) is 26.4. The molecule has 1 aromatic rings. The molecule has 29 heavy (non-hydrogen) atoms. The predicted octanol–water partition coefficient (Wildman–Crippen LogP) is 1.58. The summed E-state index contributed by atoms with van der Waals surface area (Å²) in [6, 6.07) is 6.44. The number of nitrogens with zero attached hydrogens (tertiary/aromatic N) is 1. The SMILES string of the molecule is COc1ccc(OCC(=O)OCC(=O)N(C2CCCC2)[C@H]2CCS(=O)(=O)C2)cc1. The van der Waals surface area contributed by atoms with Crippen LogP contribution < -0.4 is 9.47 Å². The third-order valence-corrected chi connectivity index (χ3v) is 7.13. The normalized spacial score (nSPS) is 20.9. The standard InChI is InChI=1S/C20H27NO7S/c1-26-17-6-8-18(9-7-17)27-13-20(23)28-12-19(22)21(15-4-2-3-5-15)16-10-11-29(24,25)14-16/h6-9,15-16H,2-5,10-14H2,1H3/t16-/m0/s1. The Labute approximate surface area is 171 Å². The monoisotopic (exact) mass is 425 g/mol. The zero-order valence-electron chi connectivity index (χ0n) is 16.5. The second-order valence-corrected chi connectivity index (χ2v) is 9.65. The Morgan fingerprint density at radius 2 is 1.66 bits per heavy atom. The van der Waals surface area contributed by atoms with Gasteiger partial charge in [-0.1, -0.05) is 12.8 Å². The van der Waals surface area contributed by atoms with Crippen LogP contribution in [0.2, 0.25) is 0 Å². The van der Waals surface area contributed by atoms with Gasteiger partial charge in [0.25, 0.3) is 5.91 Å². The first-order valence-corrected chi connectivity index (χ1v) is 11.6. The van der Waals surface area contributed by atoms with Crippen molar-refractivity contribution < 1.29 is 32.2 Å². The average molecular weight is 426 g/mol. The minimum absolute atomic E-state index is 0.0102. The van der Waals surface area contributed by atoms with Gasteiger partial charge in [0.1, 0.15) is 11.5 Å². The van der Waals surface area contributed by atoms with Gasteiger partial charge in [0.05, 0.1) is 18.6 Å². The lowest BCUT2D eigenvalue weighted by Gasteiger charge is -2.33. The molecule has 0 aromatic heterocycles. The van der Waals surface area contributed by atoms with Gasteiger partial charge < -0.3 is 19.1 Å². The Morgan fingerprint density at radius 3 is 2.24 bits per heavy atom. The zero-order chi connectivity index (χ0) is 20.9. The van der Waals surface area contributed by atoms with Gasteiger partial charge >= 0.3 is 5.97 Å². The molecule has 1 aromatic carbocycles. The van der Waals surface area contributed by atoms with Crippen LogP contribution in [-0.2, 0) is 24.2 Å². The molecule has 0 bridgehead atoms. The molecule has 0 N–H and O–H groups in total. The Morgan fingerprint density at radius 1 is 1.00 bits per heavy atom. The van der Waals surface area contributed by atoms with Gasteiger partial charge in [-0.3, -0.25) is 4.79 Å². The number of hydrogen-bond donors (Lipinski definition) is 0. The molecule has 0 spiro atoms. The fourth-order valence-corrected chi connectivity index (χ4v) is 5.67. The summed E-state index contributed by atoms with van der Waals surface area (Å²) in [6.45, 7) is -0.724. The van der Waals surface area contributed by atoms with Crippen LogP contribution in [0.4, 0.5) is 0 Å². The van der Waals surface area contributed by atoms with Crippen molar-refractivity contribution in [2.75, 3.05) is 31.8 Å². The van der Waals surface area contributed by atoms with Crippen molar-refractivity contribution in [2.45, 2.75) is 44.2 Å². The number of carbonyl (C=O) groups is 2. The number of esters is 1. The number of ether oxygens (including phenoxy) is 3. The van der Waals surface area contributed by atoms with E-state index in [2.05, 4.69) is 0 Å². The van der Waals surface area contributed by atoms with E-state index in [9.17, 15) is 18.0 Å². The van der Waals surface area contributed by atoms with Crippen LogP contribution in [0.5, 0.6) is 11.5 Å². The van der Waals surface area contributed by atoms with E-state index in [1.807, 2.05) is 0 Å². The van der Waals surface area contributed by atoms with Crippen LogP contribution in [-0.4, -0.2) is 69.1 Å². The number of rotatable bonds is 8. The number of benzene rings is 1. The Bertz CT molecular complexity index is 816. The van der Waals surface area contributed by atoms with Crippen LogP contribution in [0.15, 0.2) is 24.3 Å². The summed E-state index contributed by atoms with van der Waals surface area (Å²) in [5.74, 6) is 0.258. The molecule has 1 saturated carbocycles.